The number of ketones is 1. The van der Waals surface area contributed by atoms with E-state index in [1.54, 1.807) is 13.0 Å². The molecule has 15 heavy (non-hydrogen) atoms. The Kier molecular flexibility index (Phi) is 3.64. The molecule has 0 saturated heterocycles. The molecule has 0 radical (unpaired) electrons. The molecule has 0 saturated carbocycles. The van der Waals surface area contributed by atoms with Crippen LogP contribution in [0.1, 0.15) is 13.8 Å². The summed E-state index contributed by atoms with van der Waals surface area (Å²) in [7, 11) is -1.61. The maximum atomic E-state index is 11.1. The van der Waals surface area contributed by atoms with Crippen LogP contribution in [0.5, 0.6) is 0 Å². The van der Waals surface area contributed by atoms with Crippen LogP contribution >= 0.6 is 0 Å². The molecule has 1 rings (SSSR count). The van der Waals surface area contributed by atoms with Gasteiger partial charge in [-0.1, -0.05) is 53.8 Å². The van der Waals surface area contributed by atoms with Crippen molar-refractivity contribution in [2.45, 2.75) is 26.9 Å². The third kappa shape index (κ3) is 2.90. The summed E-state index contributed by atoms with van der Waals surface area (Å²) in [5.74, 6) is 0.143. The number of carbonyl (C=O) groups is 1. The van der Waals surface area contributed by atoms with Gasteiger partial charge in [-0.3, -0.25) is 4.79 Å². The Morgan fingerprint density at radius 2 is 1.67 bits per heavy atom. The van der Waals surface area contributed by atoms with E-state index in [1.807, 2.05) is 6.07 Å². The highest BCUT2D eigenvalue weighted by Gasteiger charge is 2.25. The van der Waals surface area contributed by atoms with E-state index in [0.29, 0.717) is 0 Å². The fraction of sp³-hybridized carbons (Fsp3) is 0.308. The van der Waals surface area contributed by atoms with Crippen LogP contribution in [-0.2, 0) is 4.79 Å². The molecule has 0 heterocycles. The van der Waals surface area contributed by atoms with Gasteiger partial charge < -0.3 is 0 Å². The summed E-state index contributed by atoms with van der Waals surface area (Å²) < 4.78 is 0. The van der Waals surface area contributed by atoms with Crippen LogP contribution in [0.2, 0.25) is 13.1 Å². The fourth-order valence-electron chi connectivity index (χ4n) is 1.57. The molecule has 0 aliphatic carbocycles. The van der Waals surface area contributed by atoms with Crippen LogP contribution in [-0.4, -0.2) is 13.9 Å². The van der Waals surface area contributed by atoms with Crippen LogP contribution < -0.4 is 5.19 Å². The van der Waals surface area contributed by atoms with Gasteiger partial charge >= 0.3 is 0 Å². The first kappa shape index (κ1) is 11.9. The van der Waals surface area contributed by atoms with Crippen LogP contribution in [0.25, 0.3) is 0 Å². The molecular weight excluding hydrogens is 200 g/mol. The summed E-state index contributed by atoms with van der Waals surface area (Å²) in [6.45, 7) is 8.23. The van der Waals surface area contributed by atoms with Gasteiger partial charge in [0.25, 0.3) is 0 Å². The Labute approximate surface area is 92.8 Å². The second kappa shape index (κ2) is 4.58. The average molecular weight is 218 g/mol. The molecule has 0 spiro atoms. The molecule has 0 aliphatic heterocycles. The zero-order chi connectivity index (χ0) is 11.5. The molecule has 1 aromatic rings. The van der Waals surface area contributed by atoms with E-state index < -0.39 is 8.07 Å². The maximum absolute atomic E-state index is 11.1. The number of hydrogen-bond donors (Lipinski definition) is 0. The van der Waals surface area contributed by atoms with Gasteiger partial charge in [-0.2, -0.15) is 0 Å². The molecule has 0 atom stereocenters. The molecule has 1 nitrogen and oxygen atoms in total. The predicted octanol–water partition coefficient (Wildman–Crippen LogP) is 2.68. The number of allylic oxidation sites excluding steroid dienone is 2. The average Bonchev–Trinajstić information content (AvgIpc) is 2.18. The molecular formula is C13H18OSi. The molecule has 0 bridgehead atoms. The van der Waals surface area contributed by atoms with Crippen molar-refractivity contribution < 1.29 is 4.79 Å². The monoisotopic (exact) mass is 218 g/mol. The van der Waals surface area contributed by atoms with Gasteiger partial charge in [0.15, 0.2) is 5.78 Å². The molecule has 0 N–H and O–H groups in total. The summed E-state index contributed by atoms with van der Waals surface area (Å²) in [6.07, 6.45) is 1.78. The highest BCUT2D eigenvalue weighted by Crippen LogP contribution is 2.14. The van der Waals surface area contributed by atoms with Gasteiger partial charge in [-0.25, -0.2) is 0 Å². The zero-order valence-corrected chi connectivity index (χ0v) is 10.9. The van der Waals surface area contributed by atoms with Gasteiger partial charge in [0.2, 0.25) is 0 Å². The predicted molar refractivity (Wildman–Crippen MR) is 68.0 cm³/mol. The Balaban J connectivity index is 3.08. The molecule has 80 valence electrons. The van der Waals surface area contributed by atoms with Crippen molar-refractivity contribution in [1.29, 1.82) is 0 Å². The Morgan fingerprint density at radius 1 is 1.13 bits per heavy atom. The van der Waals surface area contributed by atoms with Crippen LogP contribution in [0.15, 0.2) is 41.6 Å². The topological polar surface area (TPSA) is 17.1 Å². The lowest BCUT2D eigenvalue weighted by Crippen LogP contribution is -2.43. The fourth-order valence-corrected chi connectivity index (χ4v) is 3.61. The highest BCUT2D eigenvalue weighted by molar-refractivity contribution is 6.95. The van der Waals surface area contributed by atoms with E-state index in [9.17, 15) is 4.79 Å². The van der Waals surface area contributed by atoms with Gasteiger partial charge in [0, 0.05) is 0 Å². The van der Waals surface area contributed by atoms with Crippen molar-refractivity contribution in [2.24, 2.45) is 0 Å². The minimum absolute atomic E-state index is 0.143. The SMILES string of the molecule is CC(=O)/C=C(/C)[Si](C)(C)c1ccccc1. The van der Waals surface area contributed by atoms with Crippen molar-refractivity contribution in [3.05, 3.63) is 41.6 Å². The second-order valence-corrected chi connectivity index (χ2v) is 9.05. The quantitative estimate of drug-likeness (QED) is 0.563. The van der Waals surface area contributed by atoms with Crippen molar-refractivity contribution in [2.75, 3.05) is 0 Å². The molecule has 1 aromatic carbocycles. The molecule has 0 aliphatic rings. The third-order valence-corrected chi connectivity index (χ3v) is 6.79. The lowest BCUT2D eigenvalue weighted by atomic mass is 10.4. The lowest BCUT2D eigenvalue weighted by molar-refractivity contribution is -0.112. The smallest absolute Gasteiger partial charge is 0.152 e. The largest absolute Gasteiger partial charge is 0.295 e. The third-order valence-electron chi connectivity index (χ3n) is 2.90. The minimum atomic E-state index is -1.61. The first-order valence-corrected chi connectivity index (χ1v) is 8.19. The van der Waals surface area contributed by atoms with Gasteiger partial charge in [-0.05, 0) is 19.9 Å². The molecule has 0 amide bonds. The minimum Gasteiger partial charge on any atom is -0.295 e. The van der Waals surface area contributed by atoms with E-state index in [4.69, 9.17) is 0 Å². The van der Waals surface area contributed by atoms with E-state index in [1.165, 1.54) is 10.4 Å². The Bertz CT molecular complexity index is 377. The van der Waals surface area contributed by atoms with Crippen LogP contribution in [0, 0.1) is 0 Å². The van der Waals surface area contributed by atoms with E-state index >= 15 is 0 Å². The summed E-state index contributed by atoms with van der Waals surface area (Å²) in [6, 6.07) is 10.5. The van der Waals surface area contributed by atoms with Crippen molar-refractivity contribution >= 4 is 19.0 Å². The molecule has 0 fully saturated rings. The summed E-state index contributed by atoms with van der Waals surface area (Å²) in [4.78, 5) is 11.1. The standard InChI is InChI=1S/C13H18OSi/c1-11(14)10-12(2)15(3,4)13-8-6-5-7-9-13/h5-10H,1-4H3/b12-10-. The van der Waals surface area contributed by atoms with Gasteiger partial charge in [0.05, 0.1) is 0 Å². The van der Waals surface area contributed by atoms with Gasteiger partial charge in [0.1, 0.15) is 8.07 Å². The van der Waals surface area contributed by atoms with Crippen molar-refractivity contribution in [1.82, 2.24) is 0 Å². The first-order valence-electron chi connectivity index (χ1n) is 5.19. The first-order chi connectivity index (χ1) is 6.94. The molecule has 2 heteroatoms. The van der Waals surface area contributed by atoms with E-state index in [0.717, 1.165) is 0 Å². The number of rotatable bonds is 3. The summed E-state index contributed by atoms with van der Waals surface area (Å²) in [5.41, 5.74) is 0. The van der Waals surface area contributed by atoms with E-state index in [2.05, 4.69) is 44.3 Å². The van der Waals surface area contributed by atoms with Crippen LogP contribution in [0.4, 0.5) is 0 Å². The van der Waals surface area contributed by atoms with Gasteiger partial charge in [-0.15, -0.1) is 0 Å². The second-order valence-electron chi connectivity index (χ2n) is 4.43. The summed E-state index contributed by atoms with van der Waals surface area (Å²) >= 11 is 0. The van der Waals surface area contributed by atoms with Crippen molar-refractivity contribution in [3.8, 4) is 0 Å². The molecule has 0 aromatic heterocycles. The number of carbonyl (C=O) groups excluding carboxylic acids is 1. The normalized spacial score (nSPS) is 12.7. The Hall–Kier alpha value is -1.15. The zero-order valence-electron chi connectivity index (χ0n) is 9.87. The van der Waals surface area contributed by atoms with Crippen LogP contribution in [0.3, 0.4) is 0 Å². The van der Waals surface area contributed by atoms with E-state index in [-0.39, 0.29) is 5.78 Å². The number of hydrogen-bond acceptors (Lipinski definition) is 1. The van der Waals surface area contributed by atoms with Crippen molar-refractivity contribution in [3.63, 3.8) is 0 Å². The number of benzene rings is 1. The summed E-state index contributed by atoms with van der Waals surface area (Å²) in [5, 5.41) is 2.61. The maximum Gasteiger partial charge on any atom is 0.152 e. The lowest BCUT2D eigenvalue weighted by Gasteiger charge is -2.23. The molecule has 0 unspecified atom stereocenters. The highest BCUT2D eigenvalue weighted by atomic mass is 28.3. The Morgan fingerprint density at radius 3 is 2.13 bits per heavy atom.